The molecule has 7 heteroatoms. The Bertz CT molecular complexity index is 581. The van der Waals surface area contributed by atoms with E-state index in [1.54, 1.807) is 20.8 Å². The zero-order valence-corrected chi connectivity index (χ0v) is 16.6. The number of imide groups is 1. The first kappa shape index (κ1) is 22.6. The van der Waals surface area contributed by atoms with Gasteiger partial charge in [-0.15, -0.1) is 0 Å². The molecule has 0 saturated carbocycles. The van der Waals surface area contributed by atoms with Crippen molar-refractivity contribution in [2.24, 2.45) is 0 Å². The molecule has 0 radical (unpaired) electrons. The predicted molar refractivity (Wildman–Crippen MR) is 105 cm³/mol. The summed E-state index contributed by atoms with van der Waals surface area (Å²) in [4.78, 5) is 23.8. The van der Waals surface area contributed by atoms with E-state index in [0.29, 0.717) is 13.0 Å². The zero-order chi connectivity index (χ0) is 20.3. The number of nitrogens with two attached hydrogens (primary N) is 1. The Morgan fingerprint density at radius 1 is 1.00 bits per heavy atom. The third-order valence-corrected chi connectivity index (χ3v) is 3.77. The van der Waals surface area contributed by atoms with Gasteiger partial charge in [0, 0.05) is 12.2 Å². The molecular formula is C20H32N2O5. The third-order valence-electron chi connectivity index (χ3n) is 3.77. The van der Waals surface area contributed by atoms with E-state index in [4.69, 9.17) is 20.3 Å². The lowest BCUT2D eigenvalue weighted by Crippen LogP contribution is -2.40. The van der Waals surface area contributed by atoms with Crippen LogP contribution in [0.25, 0.3) is 0 Å². The minimum atomic E-state index is -1.27. The fraction of sp³-hybridized carbons (Fsp3) is 0.600. The van der Waals surface area contributed by atoms with Gasteiger partial charge in [0.05, 0.1) is 6.61 Å². The summed E-state index contributed by atoms with van der Waals surface area (Å²) in [6, 6.07) is 7.34. The lowest BCUT2D eigenvalue weighted by atomic mass is 10.1. The summed E-state index contributed by atoms with van der Waals surface area (Å²) < 4.78 is 10.7. The molecule has 1 aromatic rings. The lowest BCUT2D eigenvalue weighted by molar-refractivity contribution is 0.0267. The van der Waals surface area contributed by atoms with Gasteiger partial charge < -0.3 is 20.3 Å². The van der Waals surface area contributed by atoms with Crippen molar-refractivity contribution in [2.75, 3.05) is 18.9 Å². The predicted octanol–water partition coefficient (Wildman–Crippen LogP) is 4.90. The third kappa shape index (κ3) is 10.3. The first-order valence-corrected chi connectivity index (χ1v) is 9.41. The van der Waals surface area contributed by atoms with Crippen LogP contribution in [0.2, 0.25) is 0 Å². The van der Waals surface area contributed by atoms with Crippen LogP contribution >= 0.6 is 0 Å². The van der Waals surface area contributed by atoms with Crippen LogP contribution in [0, 0.1) is 0 Å². The number of hydrogen-bond acceptors (Lipinski definition) is 5. The number of hydrogen-bond donors (Lipinski definition) is 2. The molecule has 0 bridgehead atoms. The van der Waals surface area contributed by atoms with Crippen molar-refractivity contribution in [3.05, 3.63) is 24.3 Å². The maximum Gasteiger partial charge on any atom is 0.419 e. The van der Waals surface area contributed by atoms with Crippen LogP contribution in [0.5, 0.6) is 5.75 Å². The Balaban J connectivity index is 2.10. The van der Waals surface area contributed by atoms with Crippen molar-refractivity contribution < 1.29 is 24.2 Å². The van der Waals surface area contributed by atoms with Gasteiger partial charge in [-0.3, -0.25) is 0 Å². The molecule has 0 aliphatic rings. The maximum atomic E-state index is 11.9. The van der Waals surface area contributed by atoms with Gasteiger partial charge in [0.2, 0.25) is 0 Å². The number of nitrogen functional groups attached to an aromatic ring is 1. The van der Waals surface area contributed by atoms with Crippen molar-refractivity contribution >= 4 is 17.9 Å². The second-order valence-corrected chi connectivity index (χ2v) is 7.45. The van der Waals surface area contributed by atoms with Gasteiger partial charge in [-0.2, -0.15) is 0 Å². The van der Waals surface area contributed by atoms with E-state index in [0.717, 1.165) is 48.4 Å². The number of ether oxygens (including phenoxy) is 2. The molecule has 1 rings (SSSR count). The Kier molecular flexibility index (Phi) is 9.47. The van der Waals surface area contributed by atoms with Gasteiger partial charge >= 0.3 is 12.2 Å². The summed E-state index contributed by atoms with van der Waals surface area (Å²) in [5.41, 5.74) is 5.63. The van der Waals surface area contributed by atoms with Crippen molar-refractivity contribution in [1.29, 1.82) is 0 Å². The van der Waals surface area contributed by atoms with E-state index in [-0.39, 0.29) is 6.54 Å². The van der Waals surface area contributed by atoms with Crippen LogP contribution in [0.1, 0.15) is 59.3 Å². The number of unbranched alkanes of at least 4 members (excludes halogenated alkanes) is 5. The first-order valence-electron chi connectivity index (χ1n) is 9.41. The minimum absolute atomic E-state index is 0.157. The molecule has 0 aliphatic carbocycles. The SMILES string of the molecule is CC(C)(C)OC(=O)N(CCCCCCCCOc1ccc(N)cc1)C(=O)O. The number of carboxylic acid groups (broad SMARTS) is 1. The minimum Gasteiger partial charge on any atom is -0.494 e. The number of carbonyl (C=O) groups excluding carboxylic acids is 1. The summed E-state index contributed by atoms with van der Waals surface area (Å²) in [7, 11) is 0. The van der Waals surface area contributed by atoms with Gasteiger partial charge in [-0.25, -0.2) is 14.5 Å². The van der Waals surface area contributed by atoms with Crippen LogP contribution < -0.4 is 10.5 Å². The molecule has 3 N–H and O–H groups in total. The van der Waals surface area contributed by atoms with E-state index in [1.807, 2.05) is 24.3 Å². The second-order valence-electron chi connectivity index (χ2n) is 7.45. The Morgan fingerprint density at radius 3 is 2.11 bits per heavy atom. The smallest absolute Gasteiger partial charge is 0.419 e. The van der Waals surface area contributed by atoms with E-state index in [1.165, 1.54) is 0 Å². The summed E-state index contributed by atoms with van der Waals surface area (Å²) in [6.07, 6.45) is 3.46. The highest BCUT2D eigenvalue weighted by Crippen LogP contribution is 2.15. The Hall–Kier alpha value is -2.44. The van der Waals surface area contributed by atoms with Gasteiger partial charge in [-0.05, 0) is 57.9 Å². The quantitative estimate of drug-likeness (QED) is 0.442. The molecule has 0 atom stereocenters. The van der Waals surface area contributed by atoms with Crippen LogP contribution in [0.3, 0.4) is 0 Å². The molecule has 7 nitrogen and oxygen atoms in total. The molecule has 0 heterocycles. The lowest BCUT2D eigenvalue weighted by Gasteiger charge is -2.24. The average Bonchev–Trinajstić information content (AvgIpc) is 2.56. The molecule has 0 aromatic heterocycles. The largest absolute Gasteiger partial charge is 0.494 e. The van der Waals surface area contributed by atoms with E-state index in [2.05, 4.69) is 0 Å². The molecule has 27 heavy (non-hydrogen) atoms. The normalized spacial score (nSPS) is 11.1. The summed E-state index contributed by atoms with van der Waals surface area (Å²) >= 11 is 0. The van der Waals surface area contributed by atoms with Crippen molar-refractivity contribution in [3.8, 4) is 5.75 Å². The topological polar surface area (TPSA) is 102 Å². The van der Waals surface area contributed by atoms with Gasteiger partial charge in [0.15, 0.2) is 0 Å². The molecular weight excluding hydrogens is 348 g/mol. The fourth-order valence-electron chi connectivity index (χ4n) is 2.42. The zero-order valence-electron chi connectivity index (χ0n) is 16.6. The summed E-state index contributed by atoms with van der Waals surface area (Å²) in [6.45, 7) is 5.95. The number of carbonyl (C=O) groups is 2. The van der Waals surface area contributed by atoms with Crippen molar-refractivity contribution in [1.82, 2.24) is 4.90 Å². The number of rotatable bonds is 10. The number of anilines is 1. The van der Waals surface area contributed by atoms with Crippen molar-refractivity contribution in [2.45, 2.75) is 64.9 Å². The molecule has 0 unspecified atom stereocenters. The van der Waals surface area contributed by atoms with E-state index >= 15 is 0 Å². The average molecular weight is 380 g/mol. The second kappa shape index (κ2) is 11.3. The summed E-state index contributed by atoms with van der Waals surface area (Å²) in [5, 5.41) is 9.15. The number of nitrogens with zero attached hydrogens (tertiary/aromatic N) is 1. The van der Waals surface area contributed by atoms with Crippen LogP contribution in [-0.2, 0) is 4.74 Å². The molecule has 0 aliphatic heterocycles. The highest BCUT2D eigenvalue weighted by atomic mass is 16.6. The van der Waals surface area contributed by atoms with E-state index < -0.39 is 17.8 Å². The first-order chi connectivity index (χ1) is 12.7. The van der Waals surface area contributed by atoms with Gasteiger partial charge in [0.25, 0.3) is 0 Å². The summed E-state index contributed by atoms with van der Waals surface area (Å²) in [5.74, 6) is 0.820. The fourth-order valence-corrected chi connectivity index (χ4v) is 2.42. The van der Waals surface area contributed by atoms with Gasteiger partial charge in [0.1, 0.15) is 11.4 Å². The molecule has 152 valence electrons. The molecule has 0 saturated heterocycles. The number of amides is 2. The standard InChI is InChI=1S/C20H32N2O5/c1-20(2,3)27-19(25)22(18(23)24)14-8-6-4-5-7-9-15-26-17-12-10-16(21)11-13-17/h10-13H,4-9,14-15,21H2,1-3H3,(H,23,24). The van der Waals surface area contributed by atoms with E-state index in [9.17, 15) is 9.59 Å². The van der Waals surface area contributed by atoms with Crippen LogP contribution in [0.15, 0.2) is 24.3 Å². The molecule has 2 amide bonds. The molecule has 0 spiro atoms. The Morgan fingerprint density at radius 2 is 1.56 bits per heavy atom. The molecule has 0 fully saturated rings. The van der Waals surface area contributed by atoms with Gasteiger partial charge in [-0.1, -0.05) is 25.7 Å². The monoisotopic (exact) mass is 380 g/mol. The van der Waals surface area contributed by atoms with Crippen LogP contribution in [0.4, 0.5) is 15.3 Å². The maximum absolute atomic E-state index is 11.9. The highest BCUT2D eigenvalue weighted by molar-refractivity contribution is 5.86. The Labute approximate surface area is 161 Å². The molecule has 1 aromatic carbocycles. The van der Waals surface area contributed by atoms with Crippen molar-refractivity contribution in [3.63, 3.8) is 0 Å². The number of benzene rings is 1. The highest BCUT2D eigenvalue weighted by Gasteiger charge is 2.26. The van der Waals surface area contributed by atoms with Crippen LogP contribution in [-0.4, -0.2) is 40.9 Å².